The van der Waals surface area contributed by atoms with Crippen LogP contribution in [0.3, 0.4) is 0 Å². The molecule has 2 aromatic heterocycles. The lowest BCUT2D eigenvalue weighted by Crippen LogP contribution is -1.98. The molecule has 1 atom stereocenters. The predicted molar refractivity (Wildman–Crippen MR) is 89.6 cm³/mol. The number of hydrogen-bond acceptors (Lipinski definition) is 4. The second-order valence-corrected chi connectivity index (χ2v) is 6.20. The molecule has 0 aliphatic heterocycles. The van der Waals surface area contributed by atoms with Gasteiger partial charge in [0, 0.05) is 30.3 Å². The van der Waals surface area contributed by atoms with Crippen LogP contribution in [-0.2, 0) is 7.05 Å². The highest BCUT2D eigenvalue weighted by atomic mass is 32.2. The number of thioether (sulfide) groups is 1. The van der Waals surface area contributed by atoms with Crippen LogP contribution in [0, 0.1) is 0 Å². The molecular formula is C17H18N4S. The van der Waals surface area contributed by atoms with Gasteiger partial charge in [0.1, 0.15) is 0 Å². The van der Waals surface area contributed by atoms with E-state index in [1.165, 1.54) is 5.56 Å². The Hall–Kier alpha value is -2.14. The van der Waals surface area contributed by atoms with Crippen LogP contribution in [0.1, 0.15) is 24.2 Å². The van der Waals surface area contributed by atoms with E-state index in [1.807, 2.05) is 36.0 Å². The lowest BCUT2D eigenvalue weighted by molar-refractivity contribution is 0.782. The van der Waals surface area contributed by atoms with Gasteiger partial charge in [-0.1, -0.05) is 49.0 Å². The minimum absolute atomic E-state index is 0.380. The molecule has 0 saturated carbocycles. The number of aromatic nitrogens is 4. The van der Waals surface area contributed by atoms with Crippen LogP contribution in [0.5, 0.6) is 0 Å². The second-order valence-electron chi connectivity index (χ2n) is 5.03. The standard InChI is InChI=1S/C17H18N4S/c1-3-15(13-8-5-4-6-9-13)22-17-20-19-16(21(17)2)14-10-7-11-18-12-14/h4-12,15H,3H2,1-2H3/t15-/m0/s1. The van der Waals surface area contributed by atoms with Crippen molar-refractivity contribution in [2.45, 2.75) is 23.8 Å². The lowest BCUT2D eigenvalue weighted by Gasteiger charge is -2.14. The van der Waals surface area contributed by atoms with E-state index in [-0.39, 0.29) is 0 Å². The summed E-state index contributed by atoms with van der Waals surface area (Å²) in [6.07, 6.45) is 4.62. The zero-order chi connectivity index (χ0) is 15.4. The average molecular weight is 310 g/mol. The van der Waals surface area contributed by atoms with E-state index >= 15 is 0 Å². The van der Waals surface area contributed by atoms with Crippen LogP contribution in [0.4, 0.5) is 0 Å². The summed E-state index contributed by atoms with van der Waals surface area (Å²) in [5, 5.41) is 9.98. The maximum Gasteiger partial charge on any atom is 0.191 e. The summed E-state index contributed by atoms with van der Waals surface area (Å²) in [5.41, 5.74) is 2.30. The van der Waals surface area contributed by atoms with Crippen LogP contribution in [0.2, 0.25) is 0 Å². The van der Waals surface area contributed by atoms with Crippen LogP contribution < -0.4 is 0 Å². The Morgan fingerprint density at radius 2 is 1.91 bits per heavy atom. The maximum absolute atomic E-state index is 4.35. The van der Waals surface area contributed by atoms with Gasteiger partial charge in [-0.15, -0.1) is 10.2 Å². The third-order valence-corrected chi connectivity index (χ3v) is 5.00. The fourth-order valence-corrected chi connectivity index (χ4v) is 3.39. The maximum atomic E-state index is 4.35. The van der Waals surface area contributed by atoms with Crippen molar-refractivity contribution in [3.8, 4) is 11.4 Å². The van der Waals surface area contributed by atoms with Crippen molar-refractivity contribution in [2.24, 2.45) is 7.05 Å². The van der Waals surface area contributed by atoms with Crippen molar-refractivity contribution in [2.75, 3.05) is 0 Å². The van der Waals surface area contributed by atoms with Crippen molar-refractivity contribution < 1.29 is 0 Å². The fourth-order valence-electron chi connectivity index (χ4n) is 2.35. The van der Waals surface area contributed by atoms with Crippen molar-refractivity contribution in [3.05, 3.63) is 60.4 Å². The Labute approximate surface area is 134 Å². The summed E-state index contributed by atoms with van der Waals surface area (Å²) in [5.74, 6) is 0.846. The van der Waals surface area contributed by atoms with E-state index < -0.39 is 0 Å². The normalized spacial score (nSPS) is 12.3. The highest BCUT2D eigenvalue weighted by Crippen LogP contribution is 2.37. The minimum Gasteiger partial charge on any atom is -0.305 e. The van der Waals surface area contributed by atoms with Crippen molar-refractivity contribution in [3.63, 3.8) is 0 Å². The molecule has 0 amide bonds. The van der Waals surface area contributed by atoms with Gasteiger partial charge in [-0.3, -0.25) is 4.98 Å². The number of hydrogen-bond donors (Lipinski definition) is 0. The first-order valence-corrected chi connectivity index (χ1v) is 8.19. The van der Waals surface area contributed by atoms with E-state index in [4.69, 9.17) is 0 Å². The van der Waals surface area contributed by atoms with E-state index in [0.29, 0.717) is 5.25 Å². The third kappa shape index (κ3) is 3.04. The van der Waals surface area contributed by atoms with Gasteiger partial charge in [0.05, 0.1) is 0 Å². The molecule has 0 fully saturated rings. The van der Waals surface area contributed by atoms with Crippen molar-refractivity contribution >= 4 is 11.8 Å². The Morgan fingerprint density at radius 3 is 2.59 bits per heavy atom. The molecule has 0 bridgehead atoms. The van der Waals surface area contributed by atoms with Gasteiger partial charge in [0.25, 0.3) is 0 Å². The summed E-state index contributed by atoms with van der Waals surface area (Å²) in [4.78, 5) is 4.15. The van der Waals surface area contributed by atoms with Crippen LogP contribution in [0.15, 0.2) is 60.0 Å². The molecule has 3 rings (SSSR count). The molecule has 0 N–H and O–H groups in total. The molecular weight excluding hydrogens is 292 g/mol. The number of nitrogens with zero attached hydrogens (tertiary/aromatic N) is 4. The second kappa shape index (κ2) is 6.75. The van der Waals surface area contributed by atoms with Gasteiger partial charge in [-0.05, 0) is 24.1 Å². The van der Waals surface area contributed by atoms with Crippen molar-refractivity contribution in [1.82, 2.24) is 19.7 Å². The van der Waals surface area contributed by atoms with Gasteiger partial charge in [0.2, 0.25) is 0 Å². The molecule has 3 aromatic rings. The number of benzene rings is 1. The zero-order valence-corrected chi connectivity index (χ0v) is 13.5. The molecule has 0 unspecified atom stereocenters. The fraction of sp³-hybridized carbons (Fsp3) is 0.235. The monoisotopic (exact) mass is 310 g/mol. The van der Waals surface area contributed by atoms with Crippen LogP contribution in [-0.4, -0.2) is 19.7 Å². The summed E-state index contributed by atoms with van der Waals surface area (Å²) >= 11 is 1.75. The van der Waals surface area contributed by atoms with E-state index in [2.05, 4.69) is 46.4 Å². The molecule has 0 saturated heterocycles. The molecule has 1 aromatic carbocycles. The van der Waals surface area contributed by atoms with Gasteiger partial charge in [-0.25, -0.2) is 0 Å². The first-order chi connectivity index (χ1) is 10.8. The van der Waals surface area contributed by atoms with Gasteiger partial charge in [-0.2, -0.15) is 0 Å². The average Bonchev–Trinajstić information content (AvgIpc) is 2.95. The molecule has 0 aliphatic rings. The zero-order valence-electron chi connectivity index (χ0n) is 12.7. The highest BCUT2D eigenvalue weighted by Gasteiger charge is 2.17. The third-order valence-electron chi connectivity index (χ3n) is 3.54. The molecule has 0 aliphatic carbocycles. The Balaban J connectivity index is 1.86. The Morgan fingerprint density at radius 1 is 1.09 bits per heavy atom. The lowest BCUT2D eigenvalue weighted by atomic mass is 10.1. The van der Waals surface area contributed by atoms with Gasteiger partial charge in [0.15, 0.2) is 11.0 Å². The first kappa shape index (κ1) is 14.8. The summed E-state index contributed by atoms with van der Waals surface area (Å²) in [6.45, 7) is 2.20. The topological polar surface area (TPSA) is 43.6 Å². The number of pyridine rings is 1. The summed E-state index contributed by atoms with van der Waals surface area (Å²) in [6, 6.07) is 14.4. The van der Waals surface area contributed by atoms with E-state index in [0.717, 1.165) is 23.0 Å². The summed E-state index contributed by atoms with van der Waals surface area (Å²) < 4.78 is 2.04. The highest BCUT2D eigenvalue weighted by molar-refractivity contribution is 7.99. The summed E-state index contributed by atoms with van der Waals surface area (Å²) in [7, 11) is 2.00. The Kier molecular flexibility index (Phi) is 4.53. The molecule has 4 nitrogen and oxygen atoms in total. The molecule has 0 radical (unpaired) electrons. The number of rotatable bonds is 5. The molecule has 112 valence electrons. The van der Waals surface area contributed by atoms with Crippen LogP contribution in [0.25, 0.3) is 11.4 Å². The molecule has 5 heteroatoms. The van der Waals surface area contributed by atoms with Gasteiger partial charge < -0.3 is 4.57 Å². The van der Waals surface area contributed by atoms with E-state index in [1.54, 1.807) is 18.0 Å². The smallest absolute Gasteiger partial charge is 0.191 e. The quantitative estimate of drug-likeness (QED) is 0.665. The van der Waals surface area contributed by atoms with Gasteiger partial charge >= 0.3 is 0 Å². The van der Waals surface area contributed by atoms with Crippen molar-refractivity contribution in [1.29, 1.82) is 0 Å². The van der Waals surface area contributed by atoms with E-state index in [9.17, 15) is 0 Å². The molecule has 0 spiro atoms. The Bertz CT molecular complexity index is 725. The molecule has 22 heavy (non-hydrogen) atoms. The molecule has 2 heterocycles. The predicted octanol–water partition coefficient (Wildman–Crippen LogP) is 4.12. The minimum atomic E-state index is 0.380. The largest absolute Gasteiger partial charge is 0.305 e. The van der Waals surface area contributed by atoms with Crippen LogP contribution >= 0.6 is 11.8 Å². The first-order valence-electron chi connectivity index (χ1n) is 7.31. The SMILES string of the molecule is CC[C@H](Sc1nnc(-c2cccnc2)n1C)c1ccccc1.